The lowest BCUT2D eigenvalue weighted by molar-refractivity contribution is 0.0215. The van der Waals surface area contributed by atoms with Crippen molar-refractivity contribution in [1.82, 2.24) is 9.55 Å². The maximum absolute atomic E-state index is 10.2. The van der Waals surface area contributed by atoms with Crippen LogP contribution in [0.3, 0.4) is 0 Å². The Bertz CT molecular complexity index is 680. The maximum atomic E-state index is 10.2. The third kappa shape index (κ3) is 3.82. The number of benzene rings is 1. The summed E-state index contributed by atoms with van der Waals surface area (Å²) in [6, 6.07) is 14.0. The molecule has 2 aromatic heterocycles. The number of aromatic nitrogens is 2. The van der Waals surface area contributed by atoms with Crippen LogP contribution in [0.5, 0.6) is 0 Å². The van der Waals surface area contributed by atoms with Crippen molar-refractivity contribution >= 4 is 11.3 Å². The van der Waals surface area contributed by atoms with E-state index in [0.29, 0.717) is 19.8 Å². The Morgan fingerprint density at radius 3 is 2.82 bits per heavy atom. The minimum Gasteiger partial charge on any atom is -0.389 e. The molecule has 0 aliphatic heterocycles. The number of hydrogen-bond acceptors (Lipinski definition) is 4. The molecule has 0 fully saturated rings. The van der Waals surface area contributed by atoms with Crippen molar-refractivity contribution in [3.05, 3.63) is 65.1 Å². The molecule has 22 heavy (non-hydrogen) atoms. The second-order valence-corrected chi connectivity index (χ2v) is 6.05. The van der Waals surface area contributed by atoms with Gasteiger partial charge in [0, 0.05) is 22.8 Å². The Morgan fingerprint density at radius 2 is 2.05 bits per heavy atom. The minimum absolute atomic E-state index is 0.310. The molecule has 2 heterocycles. The van der Waals surface area contributed by atoms with Crippen LogP contribution in [-0.4, -0.2) is 27.4 Å². The molecular formula is C17H18N2O2S. The summed E-state index contributed by atoms with van der Waals surface area (Å²) < 4.78 is 7.51. The van der Waals surface area contributed by atoms with Gasteiger partial charge in [-0.1, -0.05) is 36.4 Å². The number of thiophene rings is 1. The van der Waals surface area contributed by atoms with Crippen LogP contribution >= 0.6 is 11.3 Å². The first-order valence-electron chi connectivity index (χ1n) is 7.17. The van der Waals surface area contributed by atoms with Gasteiger partial charge in [-0.2, -0.15) is 0 Å². The normalized spacial score (nSPS) is 12.4. The minimum atomic E-state index is -0.559. The number of rotatable bonds is 7. The molecule has 0 amide bonds. The third-order valence-electron chi connectivity index (χ3n) is 3.29. The Kier molecular flexibility index (Phi) is 5.00. The molecule has 0 aliphatic rings. The molecule has 0 bridgehead atoms. The van der Waals surface area contributed by atoms with E-state index in [2.05, 4.69) is 4.98 Å². The number of aliphatic hydroxyl groups is 1. The number of hydrogen-bond donors (Lipinski definition) is 1. The molecule has 114 valence electrons. The molecular weight excluding hydrogens is 296 g/mol. The van der Waals surface area contributed by atoms with E-state index < -0.39 is 6.10 Å². The number of ether oxygens (including phenoxy) is 1. The van der Waals surface area contributed by atoms with Gasteiger partial charge in [-0.25, -0.2) is 4.98 Å². The fourth-order valence-electron chi connectivity index (χ4n) is 2.27. The van der Waals surface area contributed by atoms with Crippen LogP contribution in [-0.2, 0) is 17.9 Å². The monoisotopic (exact) mass is 314 g/mol. The fraction of sp³-hybridized carbons (Fsp3) is 0.235. The Balaban J connectivity index is 1.56. The van der Waals surface area contributed by atoms with Gasteiger partial charge in [-0.05, 0) is 11.4 Å². The van der Waals surface area contributed by atoms with Crippen molar-refractivity contribution in [2.75, 3.05) is 6.61 Å². The predicted octanol–water partition coefficient (Wildman–Crippen LogP) is 3.19. The first kappa shape index (κ1) is 15.0. The molecule has 3 aromatic rings. The molecule has 0 saturated heterocycles. The highest BCUT2D eigenvalue weighted by Crippen LogP contribution is 2.17. The second-order valence-electron chi connectivity index (χ2n) is 5.02. The number of imidazole rings is 1. The molecule has 3 rings (SSSR count). The molecule has 0 spiro atoms. The Morgan fingerprint density at radius 1 is 1.18 bits per heavy atom. The summed E-state index contributed by atoms with van der Waals surface area (Å²) in [5.74, 6) is 0.859. The SMILES string of the molecule is O[C@@H](COCc1cccs1)Cn1ccnc1-c1ccccc1. The lowest BCUT2D eigenvalue weighted by Crippen LogP contribution is -2.22. The van der Waals surface area contributed by atoms with Crippen LogP contribution in [0, 0.1) is 0 Å². The molecule has 0 aliphatic carbocycles. The van der Waals surface area contributed by atoms with Crippen molar-refractivity contribution in [3.63, 3.8) is 0 Å². The zero-order chi connectivity index (χ0) is 15.2. The van der Waals surface area contributed by atoms with Gasteiger partial charge in [0.1, 0.15) is 5.82 Å². The molecule has 0 unspecified atom stereocenters. The van der Waals surface area contributed by atoms with E-state index in [1.165, 1.54) is 4.88 Å². The average Bonchev–Trinajstić information content (AvgIpc) is 3.20. The first-order chi connectivity index (χ1) is 10.8. The van der Waals surface area contributed by atoms with E-state index >= 15 is 0 Å². The smallest absolute Gasteiger partial charge is 0.139 e. The summed E-state index contributed by atoms with van der Waals surface area (Å²) in [6.45, 7) is 1.32. The van der Waals surface area contributed by atoms with Gasteiger partial charge in [0.15, 0.2) is 0 Å². The molecule has 0 saturated carbocycles. The van der Waals surface area contributed by atoms with E-state index in [-0.39, 0.29) is 0 Å². The van der Waals surface area contributed by atoms with E-state index in [0.717, 1.165) is 11.4 Å². The standard InChI is InChI=1S/C17H18N2O2S/c20-15(12-21-13-16-7-4-10-22-16)11-19-9-8-18-17(19)14-5-2-1-3-6-14/h1-10,15,20H,11-13H2/t15-/m1/s1. The van der Waals surface area contributed by atoms with Crippen LogP contribution in [0.1, 0.15) is 4.88 Å². The summed E-state index contributed by atoms with van der Waals surface area (Å²) in [7, 11) is 0. The van der Waals surface area contributed by atoms with Crippen molar-refractivity contribution in [2.24, 2.45) is 0 Å². The molecule has 5 heteroatoms. The summed E-state index contributed by atoms with van der Waals surface area (Å²) in [5, 5.41) is 12.2. The maximum Gasteiger partial charge on any atom is 0.139 e. The van der Waals surface area contributed by atoms with Gasteiger partial charge in [0.25, 0.3) is 0 Å². The van der Waals surface area contributed by atoms with Crippen molar-refractivity contribution in [1.29, 1.82) is 0 Å². The highest BCUT2D eigenvalue weighted by atomic mass is 32.1. The lowest BCUT2D eigenvalue weighted by atomic mass is 10.2. The van der Waals surface area contributed by atoms with E-state index in [9.17, 15) is 5.11 Å². The summed E-state index contributed by atoms with van der Waals surface area (Å²) in [5.41, 5.74) is 1.04. The third-order valence-corrected chi connectivity index (χ3v) is 4.14. The quantitative estimate of drug-likeness (QED) is 0.728. The van der Waals surface area contributed by atoms with Gasteiger partial charge in [0.05, 0.1) is 25.9 Å². The van der Waals surface area contributed by atoms with E-state index in [4.69, 9.17) is 4.74 Å². The highest BCUT2D eigenvalue weighted by molar-refractivity contribution is 7.09. The summed E-state index contributed by atoms with van der Waals surface area (Å²) >= 11 is 1.66. The zero-order valence-electron chi connectivity index (χ0n) is 12.1. The number of aliphatic hydroxyl groups excluding tert-OH is 1. The summed E-state index contributed by atoms with van der Waals surface area (Å²) in [6.07, 6.45) is 3.07. The van der Waals surface area contributed by atoms with E-state index in [1.54, 1.807) is 17.5 Å². The van der Waals surface area contributed by atoms with Crippen LogP contribution in [0.2, 0.25) is 0 Å². The van der Waals surface area contributed by atoms with E-state index in [1.807, 2.05) is 58.6 Å². The summed E-state index contributed by atoms with van der Waals surface area (Å²) in [4.78, 5) is 5.54. The molecule has 1 aromatic carbocycles. The van der Waals surface area contributed by atoms with Gasteiger partial charge in [0.2, 0.25) is 0 Å². The Labute approximate surface area is 133 Å². The topological polar surface area (TPSA) is 47.3 Å². The molecule has 1 atom stereocenters. The van der Waals surface area contributed by atoms with Crippen LogP contribution in [0.25, 0.3) is 11.4 Å². The predicted molar refractivity (Wildman–Crippen MR) is 87.6 cm³/mol. The highest BCUT2D eigenvalue weighted by Gasteiger charge is 2.10. The fourth-order valence-corrected chi connectivity index (χ4v) is 2.91. The molecule has 1 N–H and O–H groups in total. The van der Waals surface area contributed by atoms with Crippen molar-refractivity contribution < 1.29 is 9.84 Å². The lowest BCUT2D eigenvalue weighted by Gasteiger charge is -2.14. The number of nitrogens with zero attached hydrogens (tertiary/aromatic N) is 2. The van der Waals surface area contributed by atoms with Crippen molar-refractivity contribution in [2.45, 2.75) is 19.3 Å². The van der Waals surface area contributed by atoms with Crippen LogP contribution in [0.4, 0.5) is 0 Å². The van der Waals surface area contributed by atoms with Crippen LogP contribution < -0.4 is 0 Å². The van der Waals surface area contributed by atoms with Gasteiger partial charge >= 0.3 is 0 Å². The first-order valence-corrected chi connectivity index (χ1v) is 8.05. The Hall–Kier alpha value is -1.95. The van der Waals surface area contributed by atoms with Crippen molar-refractivity contribution in [3.8, 4) is 11.4 Å². The largest absolute Gasteiger partial charge is 0.389 e. The van der Waals surface area contributed by atoms with Gasteiger partial charge in [-0.15, -0.1) is 11.3 Å². The second kappa shape index (κ2) is 7.35. The average molecular weight is 314 g/mol. The van der Waals surface area contributed by atoms with Gasteiger partial charge in [-0.3, -0.25) is 0 Å². The molecule has 4 nitrogen and oxygen atoms in total. The van der Waals surface area contributed by atoms with Gasteiger partial charge < -0.3 is 14.4 Å². The van der Waals surface area contributed by atoms with Crippen LogP contribution in [0.15, 0.2) is 60.2 Å². The zero-order valence-corrected chi connectivity index (χ0v) is 12.9. The molecule has 0 radical (unpaired) electrons.